The lowest BCUT2D eigenvalue weighted by molar-refractivity contribution is -0.147. The lowest BCUT2D eigenvalue weighted by Crippen LogP contribution is -2.40. The topological polar surface area (TPSA) is 66.4 Å². The number of unbranched alkanes of at least 4 members (excludes halogenated alkanes) is 2. The van der Waals surface area contributed by atoms with E-state index in [1.807, 2.05) is 12.2 Å². The summed E-state index contributed by atoms with van der Waals surface area (Å²) < 4.78 is 0. The minimum atomic E-state index is -0.857. The molecule has 4 atom stereocenters. The van der Waals surface area contributed by atoms with Gasteiger partial charge in [0.2, 0.25) is 5.91 Å². The second-order valence-corrected chi connectivity index (χ2v) is 5.29. The molecule has 2 aliphatic rings. The molecule has 2 N–H and O–H groups in total. The quantitative estimate of drug-likeness (QED) is 0.432. The molecule has 0 aromatic rings. The number of hydrogen-bond donors (Lipinski definition) is 2. The number of carbonyl (C=O) groups excluding carboxylic acids is 1. The van der Waals surface area contributed by atoms with E-state index in [9.17, 15) is 14.7 Å². The van der Waals surface area contributed by atoms with E-state index in [4.69, 9.17) is 6.42 Å². The van der Waals surface area contributed by atoms with Crippen LogP contribution in [0.15, 0.2) is 12.2 Å². The van der Waals surface area contributed by atoms with Crippen LogP contribution in [-0.4, -0.2) is 23.5 Å². The molecule has 4 nitrogen and oxygen atoms in total. The van der Waals surface area contributed by atoms with Crippen molar-refractivity contribution < 1.29 is 14.7 Å². The highest BCUT2D eigenvalue weighted by Crippen LogP contribution is 2.48. The average molecular weight is 261 g/mol. The summed E-state index contributed by atoms with van der Waals surface area (Å²) in [6, 6.07) is 0. The van der Waals surface area contributed by atoms with Crippen LogP contribution in [0.3, 0.4) is 0 Å². The lowest BCUT2D eigenvalue weighted by atomic mass is 9.82. The van der Waals surface area contributed by atoms with E-state index >= 15 is 0 Å². The number of rotatable bonds is 6. The van der Waals surface area contributed by atoms with Crippen molar-refractivity contribution in [3.63, 3.8) is 0 Å². The molecule has 2 bridgehead atoms. The van der Waals surface area contributed by atoms with Crippen molar-refractivity contribution in [2.24, 2.45) is 23.7 Å². The summed E-state index contributed by atoms with van der Waals surface area (Å²) in [6.07, 6.45) is 12.3. The molecular formula is C15H19NO3. The molecule has 19 heavy (non-hydrogen) atoms. The van der Waals surface area contributed by atoms with Crippen LogP contribution in [0, 0.1) is 36.0 Å². The minimum absolute atomic E-state index is 0.0275. The molecular weight excluding hydrogens is 242 g/mol. The van der Waals surface area contributed by atoms with Gasteiger partial charge in [-0.25, -0.2) is 0 Å². The highest BCUT2D eigenvalue weighted by Gasteiger charge is 2.51. The molecule has 4 unspecified atom stereocenters. The molecule has 2 aliphatic carbocycles. The van der Waals surface area contributed by atoms with Gasteiger partial charge in [0.15, 0.2) is 0 Å². The van der Waals surface area contributed by atoms with Crippen molar-refractivity contribution in [3.05, 3.63) is 12.2 Å². The summed E-state index contributed by atoms with van der Waals surface area (Å²) in [4.78, 5) is 23.4. The van der Waals surface area contributed by atoms with Crippen LogP contribution in [0.2, 0.25) is 0 Å². The van der Waals surface area contributed by atoms with Crippen molar-refractivity contribution in [2.75, 3.05) is 6.54 Å². The first-order valence-electron chi connectivity index (χ1n) is 6.77. The maximum absolute atomic E-state index is 12.1. The van der Waals surface area contributed by atoms with E-state index in [0.29, 0.717) is 13.0 Å². The minimum Gasteiger partial charge on any atom is -0.481 e. The van der Waals surface area contributed by atoms with Crippen molar-refractivity contribution in [2.45, 2.75) is 25.7 Å². The van der Waals surface area contributed by atoms with Crippen molar-refractivity contribution in [1.82, 2.24) is 5.32 Å². The number of nitrogens with one attached hydrogen (secondary N) is 1. The van der Waals surface area contributed by atoms with Crippen LogP contribution >= 0.6 is 0 Å². The third-order valence-electron chi connectivity index (χ3n) is 4.09. The van der Waals surface area contributed by atoms with Gasteiger partial charge in [-0.05, 0) is 31.1 Å². The number of allylic oxidation sites excluding steroid dienone is 2. The Labute approximate surface area is 113 Å². The van der Waals surface area contributed by atoms with Crippen molar-refractivity contribution >= 4 is 11.9 Å². The van der Waals surface area contributed by atoms with Gasteiger partial charge < -0.3 is 10.4 Å². The van der Waals surface area contributed by atoms with Crippen molar-refractivity contribution in [1.29, 1.82) is 0 Å². The summed E-state index contributed by atoms with van der Waals surface area (Å²) in [5.74, 6) is 0.742. The number of fused-ring (bicyclic) bond motifs is 2. The Kier molecular flexibility index (Phi) is 4.26. The monoisotopic (exact) mass is 261 g/mol. The molecule has 2 rings (SSSR count). The highest BCUT2D eigenvalue weighted by molar-refractivity contribution is 5.86. The third kappa shape index (κ3) is 2.81. The number of aliphatic carboxylic acids is 1. The Morgan fingerprint density at radius 1 is 1.26 bits per heavy atom. The average Bonchev–Trinajstić information content (AvgIpc) is 2.98. The fraction of sp³-hybridized carbons (Fsp3) is 0.600. The van der Waals surface area contributed by atoms with Crippen LogP contribution in [0.1, 0.15) is 25.7 Å². The Hall–Kier alpha value is -1.76. The summed E-state index contributed by atoms with van der Waals surface area (Å²) in [6.45, 7) is 0.574. The normalized spacial score (nSPS) is 31.1. The van der Waals surface area contributed by atoms with Gasteiger partial charge in [0.05, 0.1) is 11.8 Å². The van der Waals surface area contributed by atoms with Gasteiger partial charge in [0.25, 0.3) is 0 Å². The van der Waals surface area contributed by atoms with Gasteiger partial charge in [0, 0.05) is 13.0 Å². The first-order chi connectivity index (χ1) is 9.15. The zero-order valence-corrected chi connectivity index (χ0v) is 10.8. The number of carboxylic acids is 1. The molecule has 0 aromatic carbocycles. The summed E-state index contributed by atoms with van der Waals surface area (Å²) >= 11 is 0. The van der Waals surface area contributed by atoms with Gasteiger partial charge >= 0.3 is 5.97 Å². The van der Waals surface area contributed by atoms with Crippen LogP contribution < -0.4 is 5.32 Å². The molecule has 1 amide bonds. The molecule has 0 aliphatic heterocycles. The van der Waals surface area contributed by atoms with E-state index in [0.717, 1.165) is 19.3 Å². The Bertz CT molecular complexity index is 435. The largest absolute Gasteiger partial charge is 0.481 e. The predicted octanol–water partition coefficient (Wildman–Crippen LogP) is 1.43. The molecule has 4 heteroatoms. The van der Waals surface area contributed by atoms with Crippen LogP contribution in [0.4, 0.5) is 0 Å². The Morgan fingerprint density at radius 2 is 1.95 bits per heavy atom. The molecule has 0 radical (unpaired) electrons. The van der Waals surface area contributed by atoms with E-state index < -0.39 is 17.8 Å². The third-order valence-corrected chi connectivity index (χ3v) is 4.09. The maximum atomic E-state index is 12.1. The lowest BCUT2D eigenvalue weighted by Gasteiger charge is -2.23. The smallest absolute Gasteiger partial charge is 0.307 e. The number of carboxylic acid groups (broad SMARTS) is 1. The first-order valence-corrected chi connectivity index (χ1v) is 6.77. The Balaban J connectivity index is 1.86. The van der Waals surface area contributed by atoms with E-state index in [2.05, 4.69) is 11.2 Å². The molecule has 0 aromatic heterocycles. The van der Waals surface area contributed by atoms with E-state index in [1.54, 1.807) is 0 Å². The second kappa shape index (κ2) is 5.92. The number of hydrogen-bond acceptors (Lipinski definition) is 2. The second-order valence-electron chi connectivity index (χ2n) is 5.29. The first kappa shape index (κ1) is 13.7. The molecule has 0 heterocycles. The standard InChI is InChI=1S/C15H19NO3/c1-2-3-4-5-8-16-14(17)12-10-6-7-11(9-10)13(12)15(18)19/h1,6-7,10-13H,3-5,8-9H2,(H,16,17)(H,18,19). The zero-order chi connectivity index (χ0) is 13.8. The molecule has 1 saturated carbocycles. The molecule has 102 valence electrons. The van der Waals surface area contributed by atoms with Gasteiger partial charge in [-0.3, -0.25) is 9.59 Å². The number of amides is 1. The van der Waals surface area contributed by atoms with Crippen LogP contribution in [0.5, 0.6) is 0 Å². The summed E-state index contributed by atoms with van der Waals surface area (Å²) in [5.41, 5.74) is 0. The Morgan fingerprint density at radius 3 is 2.58 bits per heavy atom. The number of terminal acetylenes is 1. The maximum Gasteiger partial charge on any atom is 0.307 e. The van der Waals surface area contributed by atoms with Gasteiger partial charge in [-0.15, -0.1) is 12.3 Å². The van der Waals surface area contributed by atoms with Crippen molar-refractivity contribution in [3.8, 4) is 12.3 Å². The molecule has 0 spiro atoms. The van der Waals surface area contributed by atoms with Gasteiger partial charge in [-0.2, -0.15) is 0 Å². The molecule has 0 saturated heterocycles. The summed E-state index contributed by atoms with van der Waals surface area (Å²) in [5, 5.41) is 12.1. The van der Waals surface area contributed by atoms with Gasteiger partial charge in [0.1, 0.15) is 0 Å². The predicted molar refractivity (Wildman–Crippen MR) is 71.0 cm³/mol. The molecule has 1 fully saturated rings. The fourth-order valence-corrected chi connectivity index (χ4v) is 3.20. The zero-order valence-electron chi connectivity index (χ0n) is 10.8. The SMILES string of the molecule is C#CCCCCNC(=O)C1C2C=CC(C2)C1C(=O)O. The van der Waals surface area contributed by atoms with Crippen LogP contribution in [-0.2, 0) is 9.59 Å². The van der Waals surface area contributed by atoms with Gasteiger partial charge in [-0.1, -0.05) is 12.2 Å². The van der Waals surface area contributed by atoms with Crippen LogP contribution in [0.25, 0.3) is 0 Å². The summed E-state index contributed by atoms with van der Waals surface area (Å²) in [7, 11) is 0. The van der Waals surface area contributed by atoms with E-state index in [1.165, 1.54) is 0 Å². The number of carbonyl (C=O) groups is 2. The fourth-order valence-electron chi connectivity index (χ4n) is 3.20. The highest BCUT2D eigenvalue weighted by atomic mass is 16.4. The van der Waals surface area contributed by atoms with E-state index in [-0.39, 0.29) is 17.7 Å².